The molecular formula is C11H15N5. The number of hydrogen-bond donors (Lipinski definition) is 1. The minimum absolute atomic E-state index is 0.513. The van der Waals surface area contributed by atoms with Crippen LogP contribution >= 0.6 is 0 Å². The minimum atomic E-state index is 0.513. The maximum Gasteiger partial charge on any atom is 0.165 e. The Morgan fingerprint density at radius 1 is 1.38 bits per heavy atom. The van der Waals surface area contributed by atoms with Crippen molar-refractivity contribution in [3.05, 3.63) is 24.7 Å². The molecule has 0 radical (unpaired) electrons. The van der Waals surface area contributed by atoms with Gasteiger partial charge in [-0.25, -0.2) is 4.98 Å². The van der Waals surface area contributed by atoms with Gasteiger partial charge < -0.3 is 10.3 Å². The van der Waals surface area contributed by atoms with Crippen molar-refractivity contribution in [2.75, 3.05) is 5.73 Å². The van der Waals surface area contributed by atoms with E-state index in [-0.39, 0.29) is 0 Å². The van der Waals surface area contributed by atoms with E-state index in [1.807, 2.05) is 10.6 Å². The SMILES string of the molecule is CC(C)Cn1cnnc1-c1ccc(N)nc1. The Hall–Kier alpha value is -1.91. The van der Waals surface area contributed by atoms with Gasteiger partial charge in [0.25, 0.3) is 0 Å². The molecule has 0 aromatic carbocycles. The van der Waals surface area contributed by atoms with Gasteiger partial charge in [0.15, 0.2) is 5.82 Å². The van der Waals surface area contributed by atoms with Gasteiger partial charge in [-0.3, -0.25) is 0 Å². The Balaban J connectivity index is 2.33. The highest BCUT2D eigenvalue weighted by Crippen LogP contribution is 2.17. The van der Waals surface area contributed by atoms with Crippen LogP contribution < -0.4 is 5.73 Å². The highest BCUT2D eigenvalue weighted by molar-refractivity contribution is 5.55. The molecule has 2 N–H and O–H groups in total. The standard InChI is InChI=1S/C11H15N5/c1-8(2)6-16-7-14-15-11(16)9-3-4-10(12)13-5-9/h3-5,7-8H,6H2,1-2H3,(H2,12,13). The van der Waals surface area contributed by atoms with Crippen LogP contribution in [-0.2, 0) is 6.54 Å². The Labute approximate surface area is 94.3 Å². The summed E-state index contributed by atoms with van der Waals surface area (Å²) in [7, 11) is 0. The Morgan fingerprint density at radius 3 is 2.81 bits per heavy atom. The smallest absolute Gasteiger partial charge is 0.165 e. The van der Waals surface area contributed by atoms with Crippen molar-refractivity contribution in [1.82, 2.24) is 19.7 Å². The van der Waals surface area contributed by atoms with E-state index in [2.05, 4.69) is 29.0 Å². The molecule has 2 heterocycles. The second-order valence-corrected chi connectivity index (χ2v) is 4.17. The van der Waals surface area contributed by atoms with Crippen molar-refractivity contribution in [3.63, 3.8) is 0 Å². The molecule has 5 nitrogen and oxygen atoms in total. The fourth-order valence-electron chi connectivity index (χ4n) is 1.54. The van der Waals surface area contributed by atoms with Crippen LogP contribution in [0.25, 0.3) is 11.4 Å². The fraction of sp³-hybridized carbons (Fsp3) is 0.364. The quantitative estimate of drug-likeness (QED) is 0.847. The minimum Gasteiger partial charge on any atom is -0.384 e. The normalized spacial score (nSPS) is 10.9. The molecule has 2 aromatic rings. The van der Waals surface area contributed by atoms with Crippen LogP contribution in [0.3, 0.4) is 0 Å². The third-order valence-electron chi connectivity index (χ3n) is 2.22. The van der Waals surface area contributed by atoms with Crippen molar-refractivity contribution in [1.29, 1.82) is 0 Å². The van der Waals surface area contributed by atoms with E-state index in [0.29, 0.717) is 11.7 Å². The third-order valence-corrected chi connectivity index (χ3v) is 2.22. The molecule has 16 heavy (non-hydrogen) atoms. The molecule has 0 aliphatic rings. The first kappa shape index (κ1) is 10.6. The van der Waals surface area contributed by atoms with Gasteiger partial charge in [-0.05, 0) is 18.1 Å². The lowest BCUT2D eigenvalue weighted by Gasteiger charge is -2.08. The third kappa shape index (κ3) is 2.18. The zero-order chi connectivity index (χ0) is 11.5. The van der Waals surface area contributed by atoms with Gasteiger partial charge in [-0.15, -0.1) is 10.2 Å². The molecule has 0 fully saturated rings. The van der Waals surface area contributed by atoms with Crippen LogP contribution in [0.2, 0.25) is 0 Å². The molecule has 84 valence electrons. The van der Waals surface area contributed by atoms with Crippen LogP contribution in [0.4, 0.5) is 5.82 Å². The van der Waals surface area contributed by atoms with E-state index in [1.165, 1.54) is 0 Å². The van der Waals surface area contributed by atoms with Crippen LogP contribution in [0.5, 0.6) is 0 Å². The summed E-state index contributed by atoms with van der Waals surface area (Å²) >= 11 is 0. The fourth-order valence-corrected chi connectivity index (χ4v) is 1.54. The number of pyridine rings is 1. The second kappa shape index (κ2) is 4.30. The van der Waals surface area contributed by atoms with Crippen molar-refractivity contribution < 1.29 is 0 Å². The van der Waals surface area contributed by atoms with Gasteiger partial charge in [-0.1, -0.05) is 13.8 Å². The van der Waals surface area contributed by atoms with Crippen LogP contribution in [-0.4, -0.2) is 19.7 Å². The first-order valence-electron chi connectivity index (χ1n) is 5.26. The summed E-state index contributed by atoms with van der Waals surface area (Å²) in [5.74, 6) is 1.90. The molecular weight excluding hydrogens is 202 g/mol. The molecule has 0 bridgehead atoms. The summed E-state index contributed by atoms with van der Waals surface area (Å²) in [5.41, 5.74) is 6.48. The average molecular weight is 217 g/mol. The lowest BCUT2D eigenvalue weighted by molar-refractivity contribution is 0.525. The highest BCUT2D eigenvalue weighted by atomic mass is 15.3. The molecule has 0 atom stereocenters. The topological polar surface area (TPSA) is 69.6 Å². The van der Waals surface area contributed by atoms with Crippen LogP contribution in [0, 0.1) is 5.92 Å². The molecule has 0 saturated carbocycles. The van der Waals surface area contributed by atoms with Gasteiger partial charge in [0, 0.05) is 18.3 Å². The molecule has 0 aliphatic heterocycles. The Bertz CT molecular complexity index is 457. The molecule has 2 aromatic heterocycles. The van der Waals surface area contributed by atoms with Crippen LogP contribution in [0.1, 0.15) is 13.8 Å². The van der Waals surface area contributed by atoms with E-state index >= 15 is 0 Å². The number of nitrogens with zero attached hydrogens (tertiary/aromatic N) is 4. The summed E-state index contributed by atoms with van der Waals surface area (Å²) in [6, 6.07) is 3.67. The first-order valence-corrected chi connectivity index (χ1v) is 5.26. The van der Waals surface area contributed by atoms with E-state index in [4.69, 9.17) is 5.73 Å². The number of anilines is 1. The number of aromatic nitrogens is 4. The number of nitrogens with two attached hydrogens (primary N) is 1. The number of rotatable bonds is 3. The monoisotopic (exact) mass is 217 g/mol. The van der Waals surface area contributed by atoms with E-state index in [0.717, 1.165) is 17.9 Å². The summed E-state index contributed by atoms with van der Waals surface area (Å²) in [5, 5.41) is 8.03. The van der Waals surface area contributed by atoms with Crippen molar-refractivity contribution >= 4 is 5.82 Å². The van der Waals surface area contributed by atoms with Gasteiger partial charge in [0.1, 0.15) is 12.1 Å². The van der Waals surface area contributed by atoms with E-state index in [1.54, 1.807) is 18.6 Å². The van der Waals surface area contributed by atoms with Crippen molar-refractivity contribution in [3.8, 4) is 11.4 Å². The van der Waals surface area contributed by atoms with Gasteiger partial charge in [-0.2, -0.15) is 0 Å². The van der Waals surface area contributed by atoms with Crippen LogP contribution in [0.15, 0.2) is 24.7 Å². The molecule has 0 aliphatic carbocycles. The molecule has 0 amide bonds. The molecule has 2 rings (SSSR count). The largest absolute Gasteiger partial charge is 0.384 e. The van der Waals surface area contributed by atoms with Crippen molar-refractivity contribution in [2.45, 2.75) is 20.4 Å². The maximum atomic E-state index is 5.54. The van der Waals surface area contributed by atoms with Gasteiger partial charge in [0.2, 0.25) is 0 Å². The predicted octanol–water partition coefficient (Wildman–Crippen LogP) is 1.58. The average Bonchev–Trinajstić information content (AvgIpc) is 2.66. The zero-order valence-corrected chi connectivity index (χ0v) is 9.46. The van der Waals surface area contributed by atoms with E-state index < -0.39 is 0 Å². The van der Waals surface area contributed by atoms with Crippen molar-refractivity contribution in [2.24, 2.45) is 5.92 Å². The molecule has 0 spiro atoms. The predicted molar refractivity (Wildman–Crippen MR) is 62.5 cm³/mol. The summed E-state index contributed by atoms with van der Waals surface area (Å²) in [4.78, 5) is 4.05. The zero-order valence-electron chi connectivity index (χ0n) is 9.46. The highest BCUT2D eigenvalue weighted by Gasteiger charge is 2.08. The lowest BCUT2D eigenvalue weighted by Crippen LogP contribution is -2.05. The Kier molecular flexibility index (Phi) is 2.85. The molecule has 5 heteroatoms. The first-order chi connectivity index (χ1) is 7.66. The molecule has 0 unspecified atom stereocenters. The summed E-state index contributed by atoms with van der Waals surface area (Å²) in [6.45, 7) is 5.21. The Morgan fingerprint density at radius 2 is 2.19 bits per heavy atom. The maximum absolute atomic E-state index is 5.54. The lowest BCUT2D eigenvalue weighted by atomic mass is 10.2. The van der Waals surface area contributed by atoms with Gasteiger partial charge in [0.05, 0.1) is 0 Å². The van der Waals surface area contributed by atoms with Gasteiger partial charge >= 0.3 is 0 Å². The number of hydrogen-bond acceptors (Lipinski definition) is 4. The summed E-state index contributed by atoms with van der Waals surface area (Å²) < 4.78 is 2.03. The molecule has 0 saturated heterocycles. The van der Waals surface area contributed by atoms with E-state index in [9.17, 15) is 0 Å². The number of nitrogen functional groups attached to an aromatic ring is 1. The summed E-state index contributed by atoms with van der Waals surface area (Å²) in [6.07, 6.45) is 3.46. The second-order valence-electron chi connectivity index (χ2n) is 4.17.